The zero-order valence-electron chi connectivity index (χ0n) is 23.1. The van der Waals surface area contributed by atoms with E-state index in [2.05, 4.69) is 128 Å². The highest BCUT2D eigenvalue weighted by Gasteiger charge is 2.31. The number of hydrogen-bond donors (Lipinski definition) is 0. The summed E-state index contributed by atoms with van der Waals surface area (Å²) in [6.45, 7) is 23.8. The summed E-state index contributed by atoms with van der Waals surface area (Å²) in [5.41, 5.74) is 9.68. The molecule has 0 aliphatic rings. The summed E-state index contributed by atoms with van der Waals surface area (Å²) in [5, 5.41) is 0. The Labute approximate surface area is 217 Å². The van der Waals surface area contributed by atoms with Crippen molar-refractivity contribution >= 4 is 0 Å². The molecule has 3 aromatic rings. The first-order chi connectivity index (χ1) is 15.8. The van der Waals surface area contributed by atoms with E-state index in [1.165, 1.54) is 39.0 Å². The van der Waals surface area contributed by atoms with Crippen molar-refractivity contribution < 1.29 is 0 Å². The Bertz CT molecular complexity index is 1050. The Morgan fingerprint density at radius 1 is 0.714 bits per heavy atom. The Morgan fingerprint density at radius 3 is 1.77 bits per heavy atom. The highest BCUT2D eigenvalue weighted by molar-refractivity contribution is 5.45. The van der Waals surface area contributed by atoms with E-state index in [0.717, 1.165) is 12.8 Å². The van der Waals surface area contributed by atoms with Crippen LogP contribution in [0.2, 0.25) is 0 Å². The SMILES string of the molecule is C.C=C(C)C.Cc1ccc(C(C)(Cc2ccccc2)c2cc(C)cc(CC(C)(C)C(C)C)c2)cc1. The van der Waals surface area contributed by atoms with Crippen molar-refractivity contribution in [2.75, 3.05) is 0 Å². The van der Waals surface area contributed by atoms with Crippen molar-refractivity contribution in [1.82, 2.24) is 0 Å². The number of aryl methyl sites for hydroxylation is 2. The number of allylic oxidation sites excluding steroid dienone is 1. The van der Waals surface area contributed by atoms with Gasteiger partial charge in [-0.2, -0.15) is 0 Å². The molecule has 0 aliphatic heterocycles. The Morgan fingerprint density at radius 2 is 1.26 bits per heavy atom. The molecule has 0 fully saturated rings. The lowest BCUT2D eigenvalue weighted by molar-refractivity contribution is 0.248. The third-order valence-corrected chi connectivity index (χ3v) is 7.09. The maximum atomic E-state index is 3.56. The van der Waals surface area contributed by atoms with Crippen LogP contribution in [0.25, 0.3) is 0 Å². The zero-order valence-corrected chi connectivity index (χ0v) is 23.1. The van der Waals surface area contributed by atoms with Crippen LogP contribution in [0.1, 0.15) is 89.3 Å². The molecule has 0 heteroatoms. The van der Waals surface area contributed by atoms with Crippen LogP contribution in [0.4, 0.5) is 0 Å². The monoisotopic (exact) mass is 470 g/mol. The average Bonchev–Trinajstić information content (AvgIpc) is 2.73. The summed E-state index contributed by atoms with van der Waals surface area (Å²) in [4.78, 5) is 0. The normalized spacial score (nSPS) is 12.7. The van der Waals surface area contributed by atoms with Crippen LogP contribution >= 0.6 is 0 Å². The molecule has 0 saturated heterocycles. The molecule has 0 nitrogen and oxygen atoms in total. The highest BCUT2D eigenvalue weighted by Crippen LogP contribution is 2.38. The Balaban J connectivity index is 0.00000114. The molecule has 0 N–H and O–H groups in total. The molecule has 0 aliphatic carbocycles. The fraction of sp³-hybridized carbons (Fsp3) is 0.429. The van der Waals surface area contributed by atoms with E-state index in [1.807, 2.05) is 13.8 Å². The summed E-state index contributed by atoms with van der Waals surface area (Å²) < 4.78 is 0. The minimum atomic E-state index is -0.0716. The van der Waals surface area contributed by atoms with Crippen molar-refractivity contribution in [3.63, 3.8) is 0 Å². The van der Waals surface area contributed by atoms with E-state index >= 15 is 0 Å². The quantitative estimate of drug-likeness (QED) is 0.301. The standard InChI is InChI=1S/C30H38.C4H8.CH4/c1-22(2)29(5,6)20-26-17-24(4)18-28(19-26)30(7,21-25-11-9-8-10-12-25)27-15-13-23(3)14-16-27;1-4(2)3;/h8-19,22H,20-21H2,1-7H3;1H2,2-3H3;1H4. The second-order valence-electron chi connectivity index (χ2n) is 11.6. The van der Waals surface area contributed by atoms with Crippen molar-refractivity contribution in [2.24, 2.45) is 11.3 Å². The smallest absolute Gasteiger partial charge is 0.0215 e. The number of benzene rings is 3. The third kappa shape index (κ3) is 8.84. The molecule has 0 spiro atoms. The van der Waals surface area contributed by atoms with Crippen LogP contribution in [0.3, 0.4) is 0 Å². The van der Waals surface area contributed by atoms with Crippen molar-refractivity contribution in [3.05, 3.63) is 118 Å². The van der Waals surface area contributed by atoms with Gasteiger partial charge in [-0.3, -0.25) is 0 Å². The Kier molecular flexibility index (Phi) is 11.2. The van der Waals surface area contributed by atoms with E-state index < -0.39 is 0 Å². The molecule has 0 bridgehead atoms. The van der Waals surface area contributed by atoms with Crippen LogP contribution < -0.4 is 0 Å². The molecule has 0 saturated carbocycles. The van der Waals surface area contributed by atoms with Crippen LogP contribution in [-0.4, -0.2) is 0 Å². The van der Waals surface area contributed by atoms with Gasteiger partial charge >= 0.3 is 0 Å². The van der Waals surface area contributed by atoms with Gasteiger partial charge in [0, 0.05) is 5.41 Å². The second-order valence-corrected chi connectivity index (χ2v) is 11.6. The topological polar surface area (TPSA) is 0 Å². The molecule has 3 aromatic carbocycles. The summed E-state index contributed by atoms with van der Waals surface area (Å²) in [6, 6.07) is 27.3. The Hall–Kier alpha value is -2.60. The summed E-state index contributed by atoms with van der Waals surface area (Å²) in [6.07, 6.45) is 2.10. The minimum Gasteiger partial charge on any atom is -0.100 e. The van der Waals surface area contributed by atoms with Crippen molar-refractivity contribution in [2.45, 2.75) is 88.0 Å². The first-order valence-corrected chi connectivity index (χ1v) is 12.7. The van der Waals surface area contributed by atoms with Gasteiger partial charge in [0.1, 0.15) is 0 Å². The molecule has 3 rings (SSSR count). The van der Waals surface area contributed by atoms with Gasteiger partial charge in [-0.05, 0) is 74.1 Å². The predicted octanol–water partition coefficient (Wildman–Crippen LogP) is 10.3. The zero-order chi connectivity index (χ0) is 25.5. The molecule has 0 amide bonds. The number of rotatable bonds is 7. The lowest BCUT2D eigenvalue weighted by atomic mass is 9.70. The van der Waals surface area contributed by atoms with E-state index in [4.69, 9.17) is 0 Å². The van der Waals surface area contributed by atoms with Gasteiger partial charge in [0.25, 0.3) is 0 Å². The first kappa shape index (κ1) is 30.4. The molecular weight excluding hydrogens is 420 g/mol. The number of hydrogen-bond acceptors (Lipinski definition) is 0. The highest BCUT2D eigenvalue weighted by atomic mass is 14.3. The van der Waals surface area contributed by atoms with Gasteiger partial charge in [0.15, 0.2) is 0 Å². The molecule has 1 unspecified atom stereocenters. The summed E-state index contributed by atoms with van der Waals surface area (Å²) in [7, 11) is 0. The second kappa shape index (κ2) is 12.9. The molecular formula is C35H50. The van der Waals surface area contributed by atoms with Crippen LogP contribution in [0.5, 0.6) is 0 Å². The maximum Gasteiger partial charge on any atom is 0.0215 e. The van der Waals surface area contributed by atoms with E-state index in [9.17, 15) is 0 Å². The molecule has 0 heterocycles. The average molecular weight is 471 g/mol. The van der Waals surface area contributed by atoms with Crippen molar-refractivity contribution in [3.8, 4) is 0 Å². The van der Waals surface area contributed by atoms with E-state index in [1.54, 1.807) is 0 Å². The van der Waals surface area contributed by atoms with Gasteiger partial charge in [-0.15, -0.1) is 6.58 Å². The lowest BCUT2D eigenvalue weighted by Gasteiger charge is -2.34. The first-order valence-electron chi connectivity index (χ1n) is 12.7. The summed E-state index contributed by atoms with van der Waals surface area (Å²) in [5.74, 6) is 0.647. The van der Waals surface area contributed by atoms with Gasteiger partial charge in [-0.1, -0.05) is 132 Å². The summed E-state index contributed by atoms with van der Waals surface area (Å²) >= 11 is 0. The van der Waals surface area contributed by atoms with Crippen LogP contribution in [0.15, 0.2) is 84.9 Å². The van der Waals surface area contributed by atoms with Gasteiger partial charge < -0.3 is 0 Å². The fourth-order valence-electron chi connectivity index (χ4n) is 4.31. The molecule has 0 aromatic heterocycles. The van der Waals surface area contributed by atoms with Gasteiger partial charge in [0.05, 0.1) is 0 Å². The van der Waals surface area contributed by atoms with Crippen LogP contribution in [0, 0.1) is 25.2 Å². The third-order valence-electron chi connectivity index (χ3n) is 7.09. The maximum absolute atomic E-state index is 3.56. The van der Waals surface area contributed by atoms with E-state index in [0.29, 0.717) is 5.92 Å². The van der Waals surface area contributed by atoms with Gasteiger partial charge in [0.2, 0.25) is 0 Å². The van der Waals surface area contributed by atoms with E-state index in [-0.39, 0.29) is 18.3 Å². The molecule has 0 radical (unpaired) electrons. The predicted molar refractivity (Wildman–Crippen MR) is 158 cm³/mol. The lowest BCUT2D eigenvalue weighted by Crippen LogP contribution is -2.28. The molecule has 190 valence electrons. The van der Waals surface area contributed by atoms with Crippen molar-refractivity contribution in [1.29, 1.82) is 0 Å². The molecule has 35 heavy (non-hydrogen) atoms. The van der Waals surface area contributed by atoms with Gasteiger partial charge in [-0.25, -0.2) is 0 Å². The fourth-order valence-corrected chi connectivity index (χ4v) is 4.31. The largest absolute Gasteiger partial charge is 0.100 e. The minimum absolute atomic E-state index is 0. The van der Waals surface area contributed by atoms with Crippen LogP contribution in [-0.2, 0) is 18.3 Å². The molecule has 1 atom stereocenters.